The number of hydrogen-bond donors (Lipinski definition) is 0. The highest BCUT2D eigenvalue weighted by molar-refractivity contribution is 7.19. The summed E-state index contributed by atoms with van der Waals surface area (Å²) in [5.41, 5.74) is 0.576. The van der Waals surface area contributed by atoms with E-state index in [9.17, 15) is 18.4 Å². The van der Waals surface area contributed by atoms with Crippen molar-refractivity contribution in [1.29, 1.82) is 5.26 Å². The van der Waals surface area contributed by atoms with Gasteiger partial charge in [-0.3, -0.25) is 0 Å². The second-order valence-corrected chi connectivity index (χ2v) is 5.81. The molecule has 0 atom stereocenters. The Labute approximate surface area is 134 Å². The first-order valence-electron chi connectivity index (χ1n) is 6.62. The minimum Gasteiger partial charge on any atom is -0.235 e. The van der Waals surface area contributed by atoms with Crippen LogP contribution >= 0.6 is 11.3 Å². The van der Waals surface area contributed by atoms with Crippen LogP contribution in [-0.4, -0.2) is 4.98 Å². The summed E-state index contributed by atoms with van der Waals surface area (Å²) in [7, 11) is 0. The van der Waals surface area contributed by atoms with E-state index in [1.165, 1.54) is 29.5 Å². The summed E-state index contributed by atoms with van der Waals surface area (Å²) in [6, 6.07) is 14.3. The highest BCUT2D eigenvalue weighted by Gasteiger charge is 2.30. The Morgan fingerprint density at radius 1 is 1.13 bits per heavy atom. The molecule has 0 aliphatic carbocycles. The van der Waals surface area contributed by atoms with Crippen LogP contribution in [0, 0.1) is 11.3 Å². The highest BCUT2D eigenvalue weighted by Crippen LogP contribution is 2.31. The maximum Gasteiger partial charge on any atom is 0.416 e. The number of rotatable bonds is 2. The molecule has 23 heavy (non-hydrogen) atoms. The van der Waals surface area contributed by atoms with Crippen molar-refractivity contribution in [3.8, 4) is 6.07 Å². The van der Waals surface area contributed by atoms with Gasteiger partial charge in [-0.15, -0.1) is 11.3 Å². The van der Waals surface area contributed by atoms with E-state index in [0.29, 0.717) is 10.6 Å². The van der Waals surface area contributed by atoms with E-state index < -0.39 is 11.7 Å². The van der Waals surface area contributed by atoms with Crippen LogP contribution < -0.4 is 0 Å². The lowest BCUT2D eigenvalue weighted by Crippen LogP contribution is -2.04. The van der Waals surface area contributed by atoms with Gasteiger partial charge >= 0.3 is 6.18 Å². The van der Waals surface area contributed by atoms with Crippen LogP contribution in [0.5, 0.6) is 0 Å². The Bertz CT molecular complexity index is 900. The lowest BCUT2D eigenvalue weighted by Gasteiger charge is -2.06. The van der Waals surface area contributed by atoms with Crippen LogP contribution in [0.2, 0.25) is 0 Å². The predicted octanol–water partition coefficient (Wildman–Crippen LogP) is 5.38. The molecule has 0 radical (unpaired) electrons. The van der Waals surface area contributed by atoms with Crippen molar-refractivity contribution in [1.82, 2.24) is 4.98 Å². The van der Waals surface area contributed by atoms with E-state index in [-0.39, 0.29) is 5.57 Å². The van der Waals surface area contributed by atoms with Gasteiger partial charge in [-0.25, -0.2) is 4.98 Å². The standard InChI is InChI=1S/C17H9F3N2S/c18-17(19,20)13-5-3-4-11(9-13)8-12(10-21)16-22-14-6-1-2-7-15(14)23-16/h1-9H/b12-8+. The normalized spacial score (nSPS) is 12.3. The number of alkyl halides is 3. The number of thiazole rings is 1. The van der Waals surface area contributed by atoms with Crippen molar-refractivity contribution in [3.05, 3.63) is 64.7 Å². The molecule has 2 nitrogen and oxygen atoms in total. The van der Waals surface area contributed by atoms with Crippen LogP contribution in [0.15, 0.2) is 48.5 Å². The fraction of sp³-hybridized carbons (Fsp3) is 0.0588. The van der Waals surface area contributed by atoms with E-state index in [4.69, 9.17) is 0 Å². The number of benzene rings is 2. The third-order valence-corrected chi connectivity index (χ3v) is 4.24. The lowest BCUT2D eigenvalue weighted by molar-refractivity contribution is -0.137. The van der Waals surface area contributed by atoms with Gasteiger partial charge in [-0.05, 0) is 35.9 Å². The quantitative estimate of drug-likeness (QED) is 0.592. The molecule has 114 valence electrons. The molecule has 0 N–H and O–H groups in total. The van der Waals surface area contributed by atoms with Crippen molar-refractivity contribution in [2.24, 2.45) is 0 Å². The number of fused-ring (bicyclic) bond motifs is 1. The summed E-state index contributed by atoms with van der Waals surface area (Å²) in [6.45, 7) is 0. The van der Waals surface area contributed by atoms with E-state index >= 15 is 0 Å². The predicted molar refractivity (Wildman–Crippen MR) is 84.5 cm³/mol. The zero-order valence-electron chi connectivity index (χ0n) is 11.6. The number of nitrogens with zero attached hydrogens (tertiary/aromatic N) is 2. The third kappa shape index (κ3) is 3.25. The zero-order valence-corrected chi connectivity index (χ0v) is 12.4. The molecular formula is C17H9F3N2S. The van der Waals surface area contributed by atoms with Crippen molar-refractivity contribution in [3.63, 3.8) is 0 Å². The van der Waals surface area contributed by atoms with Gasteiger partial charge in [0.1, 0.15) is 11.1 Å². The molecule has 0 saturated heterocycles. The molecule has 0 unspecified atom stereocenters. The van der Waals surface area contributed by atoms with Crippen LogP contribution in [0.4, 0.5) is 13.2 Å². The first-order chi connectivity index (χ1) is 11.0. The Morgan fingerprint density at radius 3 is 2.61 bits per heavy atom. The largest absolute Gasteiger partial charge is 0.416 e. The molecule has 0 amide bonds. The molecule has 3 aromatic rings. The lowest BCUT2D eigenvalue weighted by atomic mass is 10.1. The number of para-hydroxylation sites is 1. The van der Waals surface area contributed by atoms with Crippen LogP contribution in [-0.2, 0) is 6.18 Å². The molecule has 2 aromatic carbocycles. The maximum atomic E-state index is 12.8. The number of halogens is 3. The minimum atomic E-state index is -4.41. The summed E-state index contributed by atoms with van der Waals surface area (Å²) in [6.07, 6.45) is -2.99. The summed E-state index contributed by atoms with van der Waals surface area (Å²) in [5.74, 6) is 0. The summed E-state index contributed by atoms with van der Waals surface area (Å²) in [4.78, 5) is 4.36. The fourth-order valence-electron chi connectivity index (χ4n) is 2.10. The monoisotopic (exact) mass is 330 g/mol. The van der Waals surface area contributed by atoms with Gasteiger partial charge in [-0.1, -0.05) is 24.3 Å². The molecule has 0 aliphatic heterocycles. The smallest absolute Gasteiger partial charge is 0.235 e. The Morgan fingerprint density at radius 2 is 1.91 bits per heavy atom. The van der Waals surface area contributed by atoms with Crippen LogP contribution in [0.1, 0.15) is 16.1 Å². The Balaban J connectivity index is 2.04. The summed E-state index contributed by atoms with van der Waals surface area (Å²) >= 11 is 1.33. The number of aromatic nitrogens is 1. The molecule has 6 heteroatoms. The van der Waals surface area contributed by atoms with Crippen molar-refractivity contribution in [2.45, 2.75) is 6.18 Å². The summed E-state index contributed by atoms with van der Waals surface area (Å²) in [5, 5.41) is 9.81. The fourth-order valence-corrected chi connectivity index (χ4v) is 3.03. The van der Waals surface area contributed by atoms with Gasteiger partial charge in [0.05, 0.1) is 21.4 Å². The third-order valence-electron chi connectivity index (χ3n) is 3.17. The Kier molecular flexibility index (Phi) is 3.89. The molecular weight excluding hydrogens is 321 g/mol. The average molecular weight is 330 g/mol. The number of nitriles is 1. The molecule has 1 heterocycles. The second kappa shape index (κ2) is 5.86. The van der Waals surface area contributed by atoms with Crippen molar-refractivity contribution in [2.75, 3.05) is 0 Å². The van der Waals surface area contributed by atoms with Crippen molar-refractivity contribution < 1.29 is 13.2 Å². The molecule has 0 bridgehead atoms. The molecule has 0 saturated carbocycles. The first-order valence-corrected chi connectivity index (χ1v) is 7.44. The molecule has 3 rings (SSSR count). The molecule has 1 aromatic heterocycles. The first kappa shape index (κ1) is 15.3. The minimum absolute atomic E-state index is 0.241. The van der Waals surface area contributed by atoms with E-state index in [2.05, 4.69) is 4.98 Å². The molecule has 0 fully saturated rings. The topological polar surface area (TPSA) is 36.7 Å². The second-order valence-electron chi connectivity index (χ2n) is 4.78. The van der Waals surface area contributed by atoms with Crippen LogP contribution in [0.3, 0.4) is 0 Å². The van der Waals surface area contributed by atoms with Gasteiger partial charge in [-0.2, -0.15) is 18.4 Å². The van der Waals surface area contributed by atoms with E-state index in [0.717, 1.165) is 22.3 Å². The maximum absolute atomic E-state index is 12.8. The molecule has 0 spiro atoms. The Hall–Kier alpha value is -2.65. The zero-order chi connectivity index (χ0) is 16.4. The molecule has 0 aliphatic rings. The van der Waals surface area contributed by atoms with Gasteiger partial charge in [0, 0.05) is 0 Å². The van der Waals surface area contributed by atoms with Crippen LogP contribution in [0.25, 0.3) is 21.9 Å². The number of allylic oxidation sites excluding steroid dienone is 1. The van der Waals surface area contributed by atoms with Gasteiger partial charge in [0.2, 0.25) is 0 Å². The highest BCUT2D eigenvalue weighted by atomic mass is 32.1. The van der Waals surface area contributed by atoms with Gasteiger partial charge in [0.25, 0.3) is 0 Å². The van der Waals surface area contributed by atoms with Crippen molar-refractivity contribution >= 4 is 33.2 Å². The van der Waals surface area contributed by atoms with E-state index in [1.807, 2.05) is 30.3 Å². The summed E-state index contributed by atoms with van der Waals surface area (Å²) < 4.78 is 39.2. The van der Waals surface area contributed by atoms with E-state index in [1.54, 1.807) is 0 Å². The van der Waals surface area contributed by atoms with Gasteiger partial charge < -0.3 is 0 Å². The van der Waals surface area contributed by atoms with Gasteiger partial charge in [0.15, 0.2) is 0 Å². The average Bonchev–Trinajstić information content (AvgIpc) is 2.96. The SMILES string of the molecule is N#C/C(=C\c1cccc(C(F)(F)F)c1)c1nc2ccccc2s1. The number of hydrogen-bond acceptors (Lipinski definition) is 3.